The molecule has 3 heteroatoms. The van der Waals surface area contributed by atoms with Crippen molar-refractivity contribution in [2.45, 2.75) is 0 Å². The third-order valence-electron chi connectivity index (χ3n) is 8.27. The molecule has 0 aliphatic rings. The molecule has 41 heavy (non-hydrogen) atoms. The molecule has 0 saturated heterocycles. The van der Waals surface area contributed by atoms with Crippen molar-refractivity contribution in [3.8, 4) is 22.4 Å². The maximum atomic E-state index is 5.21. The smallest absolute Gasteiger partial charge is 0.0979 e. The quantitative estimate of drug-likeness (QED) is 0.205. The van der Waals surface area contributed by atoms with E-state index in [-0.39, 0.29) is 0 Å². The summed E-state index contributed by atoms with van der Waals surface area (Å²) in [5, 5.41) is 9.75. The highest BCUT2D eigenvalue weighted by Gasteiger charge is 2.13. The maximum absolute atomic E-state index is 5.21. The van der Waals surface area contributed by atoms with E-state index in [1.54, 1.807) is 0 Å². The number of rotatable bonds is 2. The van der Waals surface area contributed by atoms with Crippen molar-refractivity contribution in [2.75, 3.05) is 0 Å². The summed E-state index contributed by atoms with van der Waals surface area (Å²) in [6.45, 7) is 0. The highest BCUT2D eigenvalue weighted by molar-refractivity contribution is 7.25. The second-order valence-electron chi connectivity index (χ2n) is 10.6. The SMILES string of the molecule is c1ccc2c(c1)sc1ccc(-c3ccc4ccc(-c5cnc6c7ccccc7c7ccccc7c6n5)cc4c3)cc12. The lowest BCUT2D eigenvalue weighted by molar-refractivity contribution is 1.31. The number of thiophene rings is 1. The molecule has 0 aliphatic carbocycles. The minimum atomic E-state index is 0.886. The average molecular weight is 539 g/mol. The van der Waals surface area contributed by atoms with Crippen LogP contribution < -0.4 is 0 Å². The van der Waals surface area contributed by atoms with E-state index in [9.17, 15) is 0 Å². The predicted octanol–water partition coefficient (Wildman–Crippen LogP) is 10.8. The molecule has 0 saturated carbocycles. The summed E-state index contributed by atoms with van der Waals surface area (Å²) in [4.78, 5) is 10.2. The molecule has 0 radical (unpaired) electrons. The molecule has 0 unspecified atom stereocenters. The van der Waals surface area contributed by atoms with Crippen molar-refractivity contribution in [2.24, 2.45) is 0 Å². The highest BCUT2D eigenvalue weighted by atomic mass is 32.1. The lowest BCUT2D eigenvalue weighted by Gasteiger charge is -2.11. The molecule has 0 spiro atoms. The van der Waals surface area contributed by atoms with Crippen LogP contribution in [-0.2, 0) is 0 Å². The Balaban J connectivity index is 1.20. The van der Waals surface area contributed by atoms with Crippen LogP contribution in [0, 0.1) is 0 Å². The van der Waals surface area contributed by atoms with Crippen LogP contribution in [0.4, 0.5) is 0 Å². The second-order valence-corrected chi connectivity index (χ2v) is 11.7. The van der Waals surface area contributed by atoms with E-state index < -0.39 is 0 Å². The molecule has 0 N–H and O–H groups in total. The molecule has 7 aromatic carbocycles. The van der Waals surface area contributed by atoms with Crippen LogP contribution in [0.2, 0.25) is 0 Å². The van der Waals surface area contributed by atoms with Crippen molar-refractivity contribution >= 4 is 74.9 Å². The fourth-order valence-electron chi connectivity index (χ4n) is 6.25. The van der Waals surface area contributed by atoms with Gasteiger partial charge in [-0.05, 0) is 63.0 Å². The number of aromatic nitrogens is 2. The molecule has 9 aromatic rings. The zero-order valence-electron chi connectivity index (χ0n) is 22.0. The first-order chi connectivity index (χ1) is 20.3. The van der Waals surface area contributed by atoms with Gasteiger partial charge in [0.2, 0.25) is 0 Å². The first-order valence-corrected chi connectivity index (χ1v) is 14.6. The summed E-state index contributed by atoms with van der Waals surface area (Å²) in [5.41, 5.74) is 6.30. The van der Waals surface area contributed by atoms with Gasteiger partial charge in [-0.1, -0.05) is 97.1 Å². The van der Waals surface area contributed by atoms with Crippen molar-refractivity contribution in [3.63, 3.8) is 0 Å². The zero-order valence-corrected chi connectivity index (χ0v) is 22.8. The normalized spacial score (nSPS) is 11.9. The number of nitrogens with zero attached hydrogens (tertiary/aromatic N) is 2. The molecule has 0 atom stereocenters. The largest absolute Gasteiger partial charge is 0.252 e. The predicted molar refractivity (Wildman–Crippen MR) is 176 cm³/mol. The third-order valence-corrected chi connectivity index (χ3v) is 9.42. The Labute approximate surface area is 240 Å². The van der Waals surface area contributed by atoms with Crippen LogP contribution in [0.3, 0.4) is 0 Å². The molecule has 2 heterocycles. The molecular formula is C38H22N2S. The summed E-state index contributed by atoms with van der Waals surface area (Å²) in [6, 6.07) is 45.8. The van der Waals surface area contributed by atoms with Gasteiger partial charge >= 0.3 is 0 Å². The Kier molecular flexibility index (Phi) is 4.80. The van der Waals surface area contributed by atoms with Gasteiger partial charge in [-0.2, -0.15) is 0 Å². The van der Waals surface area contributed by atoms with Crippen LogP contribution in [0.15, 0.2) is 134 Å². The van der Waals surface area contributed by atoms with E-state index in [1.807, 2.05) is 17.5 Å². The summed E-state index contributed by atoms with van der Waals surface area (Å²) in [6.07, 6.45) is 1.92. The first-order valence-electron chi connectivity index (χ1n) is 13.8. The summed E-state index contributed by atoms with van der Waals surface area (Å²) >= 11 is 1.86. The van der Waals surface area contributed by atoms with E-state index in [1.165, 1.54) is 52.8 Å². The fraction of sp³-hybridized carbons (Fsp3) is 0. The Morgan fingerprint density at radius 1 is 0.415 bits per heavy atom. The fourth-order valence-corrected chi connectivity index (χ4v) is 7.34. The molecule has 9 rings (SSSR count). The molecule has 2 nitrogen and oxygen atoms in total. The second kappa shape index (κ2) is 8.69. The number of benzene rings is 7. The average Bonchev–Trinajstić information content (AvgIpc) is 3.42. The van der Waals surface area contributed by atoms with E-state index in [0.717, 1.165) is 33.1 Å². The van der Waals surface area contributed by atoms with Gasteiger partial charge in [-0.15, -0.1) is 11.3 Å². The van der Waals surface area contributed by atoms with Gasteiger partial charge in [-0.25, -0.2) is 4.98 Å². The van der Waals surface area contributed by atoms with Crippen LogP contribution in [0.5, 0.6) is 0 Å². The molecule has 0 bridgehead atoms. The van der Waals surface area contributed by atoms with Gasteiger partial charge in [0, 0.05) is 36.5 Å². The monoisotopic (exact) mass is 538 g/mol. The molecule has 2 aromatic heterocycles. The van der Waals surface area contributed by atoms with E-state index in [0.29, 0.717) is 0 Å². The van der Waals surface area contributed by atoms with Crippen molar-refractivity contribution in [1.29, 1.82) is 0 Å². The van der Waals surface area contributed by atoms with E-state index in [2.05, 4.69) is 127 Å². The minimum Gasteiger partial charge on any atom is -0.252 e. The number of hydrogen-bond acceptors (Lipinski definition) is 3. The summed E-state index contributed by atoms with van der Waals surface area (Å²) in [5.74, 6) is 0. The molecule has 190 valence electrons. The molecule has 0 amide bonds. The topological polar surface area (TPSA) is 25.8 Å². The third kappa shape index (κ3) is 3.49. The van der Waals surface area contributed by atoms with Gasteiger partial charge < -0.3 is 0 Å². The summed E-state index contributed by atoms with van der Waals surface area (Å²) < 4.78 is 2.66. The zero-order chi connectivity index (χ0) is 26.9. The summed E-state index contributed by atoms with van der Waals surface area (Å²) in [7, 11) is 0. The maximum Gasteiger partial charge on any atom is 0.0979 e. The lowest BCUT2D eigenvalue weighted by Crippen LogP contribution is -1.92. The van der Waals surface area contributed by atoms with Crippen LogP contribution >= 0.6 is 11.3 Å². The van der Waals surface area contributed by atoms with Crippen LogP contribution in [0.1, 0.15) is 0 Å². The van der Waals surface area contributed by atoms with Crippen LogP contribution in [0.25, 0.3) is 85.9 Å². The first kappa shape index (κ1) is 22.7. The Morgan fingerprint density at radius 3 is 1.80 bits per heavy atom. The molecule has 0 fully saturated rings. The Morgan fingerprint density at radius 2 is 1.00 bits per heavy atom. The van der Waals surface area contributed by atoms with Gasteiger partial charge in [0.25, 0.3) is 0 Å². The molecule has 0 aliphatic heterocycles. The highest BCUT2D eigenvalue weighted by Crippen LogP contribution is 2.38. The van der Waals surface area contributed by atoms with E-state index >= 15 is 0 Å². The standard InChI is InChI=1S/C38H22N2S/c1-3-10-31-28(7-1)29-8-2-4-11-32(29)38-37(31)39-22-34(40-38)26-16-14-23-13-15-24(19-27(23)20-26)25-17-18-36-33(21-25)30-9-5-6-12-35(30)41-36/h1-22H. The minimum absolute atomic E-state index is 0.886. The van der Waals surface area contributed by atoms with Gasteiger partial charge in [0.15, 0.2) is 0 Å². The lowest BCUT2D eigenvalue weighted by atomic mass is 9.97. The molecular weight excluding hydrogens is 516 g/mol. The van der Waals surface area contributed by atoms with E-state index in [4.69, 9.17) is 9.97 Å². The number of fused-ring (bicyclic) bond motifs is 10. The van der Waals surface area contributed by atoms with Crippen molar-refractivity contribution in [1.82, 2.24) is 9.97 Å². The Bertz CT molecular complexity index is 2450. The Hall–Kier alpha value is -5.12. The van der Waals surface area contributed by atoms with Crippen LogP contribution in [-0.4, -0.2) is 9.97 Å². The van der Waals surface area contributed by atoms with Crippen molar-refractivity contribution in [3.05, 3.63) is 134 Å². The van der Waals surface area contributed by atoms with Gasteiger partial charge in [-0.3, -0.25) is 4.98 Å². The van der Waals surface area contributed by atoms with Crippen molar-refractivity contribution < 1.29 is 0 Å². The van der Waals surface area contributed by atoms with Gasteiger partial charge in [0.1, 0.15) is 0 Å². The van der Waals surface area contributed by atoms with Gasteiger partial charge in [0.05, 0.1) is 22.9 Å². The number of hydrogen-bond donors (Lipinski definition) is 0.